The maximum Gasteiger partial charge on any atom is 0.246 e. The molecule has 0 unspecified atom stereocenters. The van der Waals surface area contributed by atoms with Crippen LogP contribution in [-0.4, -0.2) is 29.3 Å². The van der Waals surface area contributed by atoms with Crippen molar-refractivity contribution in [3.05, 3.63) is 58.9 Å². The second-order valence-electron chi connectivity index (χ2n) is 6.27. The van der Waals surface area contributed by atoms with Crippen LogP contribution in [0.25, 0.3) is 11.4 Å². The van der Waals surface area contributed by atoms with Crippen molar-refractivity contribution >= 4 is 17.5 Å². The van der Waals surface area contributed by atoms with E-state index < -0.39 is 0 Å². The number of ether oxygens (including phenoxy) is 2. The van der Waals surface area contributed by atoms with Crippen LogP contribution in [0, 0.1) is 0 Å². The van der Waals surface area contributed by atoms with Crippen LogP contribution in [0.1, 0.15) is 17.9 Å². The first kappa shape index (κ1) is 18.3. The van der Waals surface area contributed by atoms with E-state index in [0.717, 1.165) is 22.6 Å². The van der Waals surface area contributed by atoms with Crippen LogP contribution in [0.5, 0.6) is 11.5 Å². The highest BCUT2D eigenvalue weighted by atomic mass is 35.5. The molecular weight excluding hydrogens is 382 g/mol. The van der Waals surface area contributed by atoms with Gasteiger partial charge in [0.25, 0.3) is 0 Å². The summed E-state index contributed by atoms with van der Waals surface area (Å²) >= 11 is 5.87. The van der Waals surface area contributed by atoms with Gasteiger partial charge in [-0.1, -0.05) is 22.8 Å². The average Bonchev–Trinajstić information content (AvgIpc) is 3.20. The van der Waals surface area contributed by atoms with Crippen molar-refractivity contribution in [2.45, 2.75) is 19.4 Å². The fourth-order valence-corrected chi connectivity index (χ4v) is 2.93. The van der Waals surface area contributed by atoms with Crippen LogP contribution >= 0.6 is 11.6 Å². The molecule has 1 amide bonds. The number of carbonyl (C=O) groups is 1. The number of carbonyl (C=O) groups excluding carboxylic acids is 1. The van der Waals surface area contributed by atoms with Crippen molar-refractivity contribution < 1.29 is 18.8 Å². The lowest BCUT2D eigenvalue weighted by molar-refractivity contribution is -0.121. The minimum atomic E-state index is -0.0962. The summed E-state index contributed by atoms with van der Waals surface area (Å²) in [7, 11) is 0. The van der Waals surface area contributed by atoms with Crippen molar-refractivity contribution in [1.29, 1.82) is 0 Å². The van der Waals surface area contributed by atoms with Crippen LogP contribution in [0.15, 0.2) is 47.0 Å². The molecule has 8 heteroatoms. The molecule has 3 aromatic rings. The highest BCUT2D eigenvalue weighted by Gasteiger charge is 2.13. The lowest BCUT2D eigenvalue weighted by Gasteiger charge is -2.18. The smallest absolute Gasteiger partial charge is 0.246 e. The Morgan fingerprint density at radius 1 is 1.07 bits per heavy atom. The molecule has 1 aliphatic rings. The van der Waals surface area contributed by atoms with Gasteiger partial charge in [0.05, 0.1) is 6.54 Å². The minimum absolute atomic E-state index is 0.0962. The Hall–Kier alpha value is -3.06. The SMILES string of the molecule is O=C(CCc1ccc2c(c1)OCCO2)NCc1nc(-c2ccc(Cl)cc2)no1. The first-order chi connectivity index (χ1) is 13.7. The molecule has 28 heavy (non-hydrogen) atoms. The van der Waals surface area contributed by atoms with Crippen molar-refractivity contribution in [2.24, 2.45) is 0 Å². The van der Waals surface area contributed by atoms with E-state index in [9.17, 15) is 4.79 Å². The zero-order chi connectivity index (χ0) is 19.3. The summed E-state index contributed by atoms with van der Waals surface area (Å²) in [6.07, 6.45) is 0.945. The fraction of sp³-hybridized carbons (Fsp3) is 0.250. The Balaban J connectivity index is 1.27. The molecule has 1 aromatic heterocycles. The molecule has 7 nitrogen and oxygen atoms in total. The number of amides is 1. The first-order valence-corrected chi connectivity index (χ1v) is 9.29. The molecule has 1 aliphatic heterocycles. The molecule has 0 bridgehead atoms. The zero-order valence-electron chi connectivity index (χ0n) is 15.0. The van der Waals surface area contributed by atoms with Gasteiger partial charge < -0.3 is 19.3 Å². The highest BCUT2D eigenvalue weighted by molar-refractivity contribution is 6.30. The van der Waals surface area contributed by atoms with Gasteiger partial charge in [0.2, 0.25) is 17.6 Å². The number of benzene rings is 2. The highest BCUT2D eigenvalue weighted by Crippen LogP contribution is 2.31. The van der Waals surface area contributed by atoms with E-state index in [1.165, 1.54) is 0 Å². The molecule has 1 N–H and O–H groups in total. The first-order valence-electron chi connectivity index (χ1n) is 8.91. The quantitative estimate of drug-likeness (QED) is 0.683. The molecule has 0 saturated carbocycles. The molecule has 2 aromatic carbocycles. The Morgan fingerprint density at radius 2 is 1.86 bits per heavy atom. The predicted octanol–water partition coefficient (Wildman–Crippen LogP) is 3.41. The summed E-state index contributed by atoms with van der Waals surface area (Å²) in [5.74, 6) is 2.17. The third-order valence-corrected chi connectivity index (χ3v) is 4.51. The number of hydrogen-bond donors (Lipinski definition) is 1. The Labute approximate surface area is 166 Å². The molecule has 0 aliphatic carbocycles. The summed E-state index contributed by atoms with van der Waals surface area (Å²) in [4.78, 5) is 16.4. The molecule has 0 fully saturated rings. The number of halogens is 1. The van der Waals surface area contributed by atoms with E-state index in [1.54, 1.807) is 12.1 Å². The summed E-state index contributed by atoms with van der Waals surface area (Å²) in [5.41, 5.74) is 1.81. The second kappa shape index (κ2) is 8.31. The zero-order valence-corrected chi connectivity index (χ0v) is 15.7. The number of nitrogens with zero attached hydrogens (tertiary/aromatic N) is 2. The van der Waals surface area contributed by atoms with E-state index >= 15 is 0 Å². The van der Waals surface area contributed by atoms with Crippen molar-refractivity contribution in [2.75, 3.05) is 13.2 Å². The van der Waals surface area contributed by atoms with E-state index in [1.807, 2.05) is 30.3 Å². The molecule has 0 atom stereocenters. The summed E-state index contributed by atoms with van der Waals surface area (Å²) < 4.78 is 16.2. The number of aromatic nitrogens is 2. The summed E-state index contributed by atoms with van der Waals surface area (Å²) in [6, 6.07) is 12.9. The molecule has 2 heterocycles. The Morgan fingerprint density at radius 3 is 2.68 bits per heavy atom. The van der Waals surface area contributed by atoms with Gasteiger partial charge in [-0.25, -0.2) is 0 Å². The van der Waals surface area contributed by atoms with Gasteiger partial charge in [0, 0.05) is 17.0 Å². The van der Waals surface area contributed by atoms with Crippen LogP contribution in [0.4, 0.5) is 0 Å². The molecule has 4 rings (SSSR count). The van der Waals surface area contributed by atoms with Crippen molar-refractivity contribution in [1.82, 2.24) is 15.5 Å². The van der Waals surface area contributed by atoms with Crippen LogP contribution in [-0.2, 0) is 17.8 Å². The lowest BCUT2D eigenvalue weighted by Crippen LogP contribution is -2.23. The normalized spacial score (nSPS) is 12.6. The number of hydrogen-bond acceptors (Lipinski definition) is 6. The topological polar surface area (TPSA) is 86.5 Å². The van der Waals surface area contributed by atoms with Gasteiger partial charge >= 0.3 is 0 Å². The Bertz CT molecular complexity index is 972. The maximum atomic E-state index is 12.1. The Kier molecular flexibility index (Phi) is 5.43. The fourth-order valence-electron chi connectivity index (χ4n) is 2.81. The van der Waals surface area contributed by atoms with Gasteiger partial charge in [0.15, 0.2) is 11.5 Å². The van der Waals surface area contributed by atoms with Crippen LogP contribution in [0.3, 0.4) is 0 Å². The number of fused-ring (bicyclic) bond motifs is 1. The monoisotopic (exact) mass is 399 g/mol. The van der Waals surface area contributed by atoms with Crippen molar-refractivity contribution in [3.8, 4) is 22.9 Å². The van der Waals surface area contributed by atoms with Crippen LogP contribution < -0.4 is 14.8 Å². The number of rotatable bonds is 6. The van der Waals surface area contributed by atoms with Gasteiger partial charge in [-0.3, -0.25) is 4.79 Å². The third kappa shape index (κ3) is 4.43. The van der Waals surface area contributed by atoms with Gasteiger partial charge in [0.1, 0.15) is 13.2 Å². The van der Waals surface area contributed by atoms with E-state index in [2.05, 4.69) is 15.5 Å². The van der Waals surface area contributed by atoms with Crippen molar-refractivity contribution in [3.63, 3.8) is 0 Å². The van der Waals surface area contributed by atoms with E-state index in [-0.39, 0.29) is 12.5 Å². The van der Waals surface area contributed by atoms with Gasteiger partial charge in [-0.15, -0.1) is 0 Å². The number of nitrogens with one attached hydrogen (secondary N) is 1. The second-order valence-corrected chi connectivity index (χ2v) is 6.71. The predicted molar refractivity (Wildman–Crippen MR) is 102 cm³/mol. The molecule has 0 saturated heterocycles. The average molecular weight is 400 g/mol. The van der Waals surface area contributed by atoms with E-state index in [0.29, 0.717) is 42.8 Å². The van der Waals surface area contributed by atoms with Gasteiger partial charge in [-0.2, -0.15) is 4.98 Å². The molecular formula is C20H18ClN3O4. The van der Waals surface area contributed by atoms with E-state index in [4.69, 9.17) is 25.6 Å². The van der Waals surface area contributed by atoms with Gasteiger partial charge in [-0.05, 0) is 48.4 Å². The largest absolute Gasteiger partial charge is 0.486 e. The minimum Gasteiger partial charge on any atom is -0.486 e. The molecule has 0 radical (unpaired) electrons. The standard InChI is InChI=1S/C20H18ClN3O4/c21-15-5-3-14(4-6-15)20-23-19(28-24-20)12-22-18(25)8-2-13-1-7-16-17(11-13)27-10-9-26-16/h1,3-7,11H,2,8-10,12H2,(H,22,25). The third-order valence-electron chi connectivity index (χ3n) is 4.25. The number of aryl methyl sites for hydroxylation is 1. The molecule has 144 valence electrons. The summed E-state index contributed by atoms with van der Waals surface area (Å²) in [6.45, 7) is 1.28. The summed E-state index contributed by atoms with van der Waals surface area (Å²) in [5, 5.41) is 7.35. The lowest BCUT2D eigenvalue weighted by atomic mass is 10.1. The maximum absolute atomic E-state index is 12.1. The van der Waals surface area contributed by atoms with Crippen LogP contribution in [0.2, 0.25) is 5.02 Å². The molecule has 0 spiro atoms.